The van der Waals surface area contributed by atoms with Crippen LogP contribution in [0, 0.1) is 0 Å². The molecule has 2 N–H and O–H groups in total. The lowest BCUT2D eigenvalue weighted by Crippen LogP contribution is -2.24. The van der Waals surface area contributed by atoms with E-state index >= 15 is 0 Å². The Morgan fingerprint density at radius 3 is 2.88 bits per heavy atom. The van der Waals surface area contributed by atoms with Gasteiger partial charge in [-0.2, -0.15) is 0 Å². The SMILES string of the molecule is NCC1(c2nc3cnccc3n2C2CC2)CC1. The van der Waals surface area contributed by atoms with Gasteiger partial charge >= 0.3 is 0 Å². The van der Waals surface area contributed by atoms with Crippen LogP contribution in [-0.4, -0.2) is 21.1 Å². The topological polar surface area (TPSA) is 56.7 Å². The Balaban J connectivity index is 1.98. The molecule has 0 atom stereocenters. The average Bonchev–Trinajstić information content (AvgIpc) is 3.27. The van der Waals surface area contributed by atoms with E-state index in [2.05, 4.69) is 15.6 Å². The maximum atomic E-state index is 5.94. The number of pyridine rings is 1. The third-order valence-electron chi connectivity index (χ3n) is 4.12. The highest BCUT2D eigenvalue weighted by Gasteiger charge is 2.48. The first-order valence-electron chi connectivity index (χ1n) is 6.37. The molecule has 0 amide bonds. The third-order valence-corrected chi connectivity index (χ3v) is 4.12. The molecule has 0 aromatic carbocycles. The van der Waals surface area contributed by atoms with Crippen LogP contribution >= 0.6 is 0 Å². The number of hydrogen-bond donors (Lipinski definition) is 1. The van der Waals surface area contributed by atoms with E-state index in [1.165, 1.54) is 37.0 Å². The Kier molecular flexibility index (Phi) is 1.73. The van der Waals surface area contributed by atoms with E-state index in [1.54, 1.807) is 0 Å². The summed E-state index contributed by atoms with van der Waals surface area (Å²) in [5.74, 6) is 1.21. The summed E-state index contributed by atoms with van der Waals surface area (Å²) in [5.41, 5.74) is 8.37. The smallest absolute Gasteiger partial charge is 0.117 e. The van der Waals surface area contributed by atoms with Gasteiger partial charge in [-0.15, -0.1) is 0 Å². The van der Waals surface area contributed by atoms with E-state index in [9.17, 15) is 0 Å². The van der Waals surface area contributed by atoms with Crippen LogP contribution in [0.25, 0.3) is 11.0 Å². The lowest BCUT2D eigenvalue weighted by molar-refractivity contribution is 0.586. The fraction of sp³-hybridized carbons (Fsp3) is 0.538. The van der Waals surface area contributed by atoms with Crippen LogP contribution in [0.1, 0.15) is 37.5 Å². The number of rotatable bonds is 3. The van der Waals surface area contributed by atoms with Crippen LogP contribution in [0.4, 0.5) is 0 Å². The molecule has 0 spiro atoms. The largest absolute Gasteiger partial charge is 0.329 e. The van der Waals surface area contributed by atoms with Gasteiger partial charge in [0.15, 0.2) is 0 Å². The molecule has 0 bridgehead atoms. The molecule has 2 fully saturated rings. The summed E-state index contributed by atoms with van der Waals surface area (Å²) in [4.78, 5) is 8.97. The number of fused-ring (bicyclic) bond motifs is 1. The summed E-state index contributed by atoms with van der Waals surface area (Å²) < 4.78 is 2.43. The Bertz CT molecular complexity index is 578. The van der Waals surface area contributed by atoms with Gasteiger partial charge in [-0.1, -0.05) is 0 Å². The highest BCUT2D eigenvalue weighted by molar-refractivity contribution is 5.75. The molecule has 88 valence electrons. The van der Waals surface area contributed by atoms with E-state index < -0.39 is 0 Å². The van der Waals surface area contributed by atoms with Crippen LogP contribution in [0.5, 0.6) is 0 Å². The second-order valence-electron chi connectivity index (χ2n) is 5.39. The molecule has 2 heterocycles. The van der Waals surface area contributed by atoms with Crippen LogP contribution in [0.15, 0.2) is 18.5 Å². The molecular weight excluding hydrogens is 212 g/mol. The average molecular weight is 228 g/mol. The van der Waals surface area contributed by atoms with Crippen molar-refractivity contribution in [1.29, 1.82) is 0 Å². The predicted octanol–water partition coefficient (Wildman–Crippen LogP) is 1.76. The Morgan fingerprint density at radius 2 is 2.24 bits per heavy atom. The number of nitrogens with two attached hydrogens (primary N) is 1. The van der Waals surface area contributed by atoms with Crippen molar-refractivity contribution >= 4 is 11.0 Å². The van der Waals surface area contributed by atoms with Gasteiger partial charge < -0.3 is 10.3 Å². The molecule has 0 saturated heterocycles. The summed E-state index contributed by atoms with van der Waals surface area (Å²) in [7, 11) is 0. The Hall–Kier alpha value is -1.42. The molecule has 2 saturated carbocycles. The van der Waals surface area contributed by atoms with Crippen molar-refractivity contribution in [2.75, 3.05) is 6.54 Å². The van der Waals surface area contributed by atoms with Gasteiger partial charge in [0.05, 0.1) is 11.7 Å². The Morgan fingerprint density at radius 1 is 1.41 bits per heavy atom. The number of nitrogens with zero attached hydrogens (tertiary/aromatic N) is 3. The molecule has 0 unspecified atom stereocenters. The van der Waals surface area contributed by atoms with Crippen molar-refractivity contribution in [3.8, 4) is 0 Å². The van der Waals surface area contributed by atoms with Crippen LogP contribution in [0.2, 0.25) is 0 Å². The van der Waals surface area contributed by atoms with Crippen molar-refractivity contribution in [2.45, 2.75) is 37.1 Å². The second-order valence-corrected chi connectivity index (χ2v) is 5.39. The first-order valence-corrected chi connectivity index (χ1v) is 6.37. The zero-order valence-corrected chi connectivity index (χ0v) is 9.76. The number of aromatic nitrogens is 3. The van der Waals surface area contributed by atoms with Gasteiger partial charge in [0.1, 0.15) is 11.3 Å². The summed E-state index contributed by atoms with van der Waals surface area (Å²) >= 11 is 0. The molecule has 0 aliphatic heterocycles. The normalized spacial score (nSPS) is 21.9. The maximum Gasteiger partial charge on any atom is 0.117 e. The zero-order valence-electron chi connectivity index (χ0n) is 9.76. The molecule has 4 rings (SSSR count). The van der Waals surface area contributed by atoms with Crippen LogP contribution in [0.3, 0.4) is 0 Å². The molecule has 0 radical (unpaired) electrons. The first-order chi connectivity index (χ1) is 8.34. The zero-order chi connectivity index (χ0) is 11.5. The minimum absolute atomic E-state index is 0.168. The fourth-order valence-electron chi connectivity index (χ4n) is 2.70. The quantitative estimate of drug-likeness (QED) is 0.870. The first kappa shape index (κ1) is 9.59. The minimum atomic E-state index is 0.168. The number of hydrogen-bond acceptors (Lipinski definition) is 3. The van der Waals surface area contributed by atoms with E-state index in [0.717, 1.165) is 12.1 Å². The number of imidazole rings is 1. The van der Waals surface area contributed by atoms with Crippen molar-refractivity contribution in [2.24, 2.45) is 5.73 Å². The molecule has 17 heavy (non-hydrogen) atoms. The highest BCUT2D eigenvalue weighted by Crippen LogP contribution is 2.50. The second kappa shape index (κ2) is 3.07. The summed E-state index contributed by atoms with van der Waals surface area (Å²) in [6, 6.07) is 2.73. The predicted molar refractivity (Wildman–Crippen MR) is 65.8 cm³/mol. The molecule has 4 nitrogen and oxygen atoms in total. The van der Waals surface area contributed by atoms with Crippen molar-refractivity contribution < 1.29 is 0 Å². The van der Waals surface area contributed by atoms with Crippen LogP contribution < -0.4 is 5.73 Å². The van der Waals surface area contributed by atoms with Gasteiger partial charge in [0.2, 0.25) is 0 Å². The molecular formula is C13H16N4. The summed E-state index contributed by atoms with van der Waals surface area (Å²) in [5, 5.41) is 0. The molecule has 4 heteroatoms. The van der Waals surface area contributed by atoms with E-state index in [-0.39, 0.29) is 5.41 Å². The summed E-state index contributed by atoms with van der Waals surface area (Å²) in [6.45, 7) is 0.719. The highest BCUT2D eigenvalue weighted by atomic mass is 15.2. The van der Waals surface area contributed by atoms with Gasteiger partial charge in [0, 0.05) is 24.2 Å². The van der Waals surface area contributed by atoms with Crippen molar-refractivity contribution in [1.82, 2.24) is 14.5 Å². The molecule has 2 aliphatic rings. The van der Waals surface area contributed by atoms with Crippen molar-refractivity contribution in [3.63, 3.8) is 0 Å². The third kappa shape index (κ3) is 1.27. The maximum absolute atomic E-state index is 5.94. The van der Waals surface area contributed by atoms with E-state index in [0.29, 0.717) is 6.04 Å². The van der Waals surface area contributed by atoms with Crippen LogP contribution in [-0.2, 0) is 5.41 Å². The van der Waals surface area contributed by atoms with E-state index in [4.69, 9.17) is 10.7 Å². The fourth-order valence-corrected chi connectivity index (χ4v) is 2.70. The van der Waals surface area contributed by atoms with Gasteiger partial charge in [-0.05, 0) is 31.7 Å². The lowest BCUT2D eigenvalue weighted by Gasteiger charge is -2.14. The van der Waals surface area contributed by atoms with Crippen molar-refractivity contribution in [3.05, 3.63) is 24.3 Å². The molecule has 2 aromatic rings. The molecule has 2 aromatic heterocycles. The lowest BCUT2D eigenvalue weighted by atomic mass is 10.1. The minimum Gasteiger partial charge on any atom is -0.329 e. The van der Waals surface area contributed by atoms with E-state index in [1.807, 2.05) is 12.4 Å². The molecule has 2 aliphatic carbocycles. The van der Waals surface area contributed by atoms with Gasteiger partial charge in [0.25, 0.3) is 0 Å². The monoisotopic (exact) mass is 228 g/mol. The Labute approximate surface area is 99.9 Å². The van der Waals surface area contributed by atoms with Gasteiger partial charge in [-0.3, -0.25) is 4.98 Å². The summed E-state index contributed by atoms with van der Waals surface area (Å²) in [6.07, 6.45) is 8.65. The van der Waals surface area contributed by atoms with Gasteiger partial charge in [-0.25, -0.2) is 4.98 Å². The standard InChI is InChI=1S/C13H16N4/c14-8-13(4-5-13)12-16-10-7-15-6-3-11(10)17(12)9-1-2-9/h3,6-7,9H,1-2,4-5,8,14H2.